The summed E-state index contributed by atoms with van der Waals surface area (Å²) in [6.45, 7) is 1.41. The number of nitrogens with zero attached hydrogens (tertiary/aromatic N) is 2. The number of carbonyl (C=O) groups is 2. The number of para-hydroxylation sites is 1. The first-order valence-electron chi connectivity index (χ1n) is 8.48. The molecule has 9 heteroatoms. The second-order valence-electron chi connectivity index (χ2n) is 6.35. The molecule has 0 saturated carbocycles. The number of sulfone groups is 1. The molecule has 1 atom stereocenters. The van der Waals surface area contributed by atoms with Crippen molar-refractivity contribution in [3.8, 4) is 0 Å². The van der Waals surface area contributed by atoms with Crippen molar-refractivity contribution in [3.05, 3.63) is 46.4 Å². The van der Waals surface area contributed by atoms with E-state index in [1.807, 2.05) is 13.0 Å². The van der Waals surface area contributed by atoms with Crippen LogP contribution in [-0.2, 0) is 30.6 Å². The van der Waals surface area contributed by atoms with Gasteiger partial charge in [-0.05, 0) is 25.5 Å². The van der Waals surface area contributed by atoms with Gasteiger partial charge in [0.2, 0.25) is 0 Å². The minimum Gasteiger partial charge on any atom is -0.455 e. The van der Waals surface area contributed by atoms with Crippen LogP contribution in [-0.4, -0.2) is 49.4 Å². The summed E-state index contributed by atoms with van der Waals surface area (Å²) < 4.78 is 28.8. The summed E-state index contributed by atoms with van der Waals surface area (Å²) in [5, 5.41) is 2.63. The Morgan fingerprint density at radius 3 is 2.63 bits per heavy atom. The molecule has 1 amide bonds. The fourth-order valence-corrected chi connectivity index (χ4v) is 5.34. The zero-order valence-electron chi connectivity index (χ0n) is 14.8. The van der Waals surface area contributed by atoms with Crippen LogP contribution in [0.3, 0.4) is 0 Å². The highest BCUT2D eigenvalue weighted by Crippen LogP contribution is 2.24. The van der Waals surface area contributed by atoms with Gasteiger partial charge in [-0.2, -0.15) is 0 Å². The highest BCUT2D eigenvalue weighted by atomic mass is 32.2. The largest absolute Gasteiger partial charge is 0.455 e. The average molecular weight is 409 g/mol. The number of thiazole rings is 1. The second kappa shape index (κ2) is 8.18. The standard InChI is InChI=1S/C18H20N2O5S2/c1-13-19-14(11-26-13)9-18(22)25-10-17(21)20(15-5-3-2-4-6-15)16-7-8-27(23,24)12-16/h2-6,11,16H,7-10,12H2,1H3/t16-/m1/s1. The summed E-state index contributed by atoms with van der Waals surface area (Å²) in [4.78, 5) is 30.4. The van der Waals surface area contributed by atoms with Gasteiger partial charge in [0.05, 0.1) is 34.7 Å². The monoisotopic (exact) mass is 408 g/mol. The van der Waals surface area contributed by atoms with Gasteiger partial charge >= 0.3 is 5.97 Å². The molecule has 3 rings (SSSR count). The second-order valence-corrected chi connectivity index (χ2v) is 9.64. The van der Waals surface area contributed by atoms with Crippen LogP contribution in [0, 0.1) is 6.92 Å². The normalized spacial score (nSPS) is 18.2. The molecule has 0 aliphatic carbocycles. The Labute approximate surface area is 161 Å². The smallest absolute Gasteiger partial charge is 0.312 e. The van der Waals surface area contributed by atoms with Crippen molar-refractivity contribution in [3.63, 3.8) is 0 Å². The van der Waals surface area contributed by atoms with Gasteiger partial charge in [-0.1, -0.05) is 18.2 Å². The number of hydrogen-bond donors (Lipinski definition) is 0. The Balaban J connectivity index is 1.67. The van der Waals surface area contributed by atoms with Crippen molar-refractivity contribution in [2.45, 2.75) is 25.8 Å². The van der Waals surface area contributed by atoms with E-state index in [9.17, 15) is 18.0 Å². The lowest BCUT2D eigenvalue weighted by Crippen LogP contribution is -2.43. The van der Waals surface area contributed by atoms with Crippen molar-refractivity contribution in [1.82, 2.24) is 4.98 Å². The third-order valence-corrected chi connectivity index (χ3v) is 6.80. The lowest BCUT2D eigenvalue weighted by atomic mass is 10.2. The summed E-state index contributed by atoms with van der Waals surface area (Å²) >= 11 is 1.44. The topological polar surface area (TPSA) is 93.6 Å². The molecule has 0 bridgehead atoms. The van der Waals surface area contributed by atoms with Gasteiger partial charge < -0.3 is 9.64 Å². The first kappa shape index (κ1) is 19.5. The molecule has 7 nitrogen and oxygen atoms in total. The minimum absolute atomic E-state index is 0.000759. The Kier molecular flexibility index (Phi) is 5.91. The van der Waals surface area contributed by atoms with E-state index >= 15 is 0 Å². The van der Waals surface area contributed by atoms with Gasteiger partial charge in [0.25, 0.3) is 5.91 Å². The first-order chi connectivity index (χ1) is 12.8. The van der Waals surface area contributed by atoms with Crippen LogP contribution in [0.1, 0.15) is 17.1 Å². The van der Waals surface area contributed by atoms with Crippen LogP contribution in [0.5, 0.6) is 0 Å². The SMILES string of the molecule is Cc1nc(CC(=O)OCC(=O)N(c2ccccc2)[C@@H]2CCS(=O)(=O)C2)cs1. The number of hydrogen-bond acceptors (Lipinski definition) is 7. The van der Waals surface area contributed by atoms with E-state index in [0.717, 1.165) is 5.01 Å². The van der Waals surface area contributed by atoms with Crippen molar-refractivity contribution < 1.29 is 22.7 Å². The Morgan fingerprint density at radius 2 is 2.04 bits per heavy atom. The van der Waals surface area contributed by atoms with Crippen molar-refractivity contribution in [2.24, 2.45) is 0 Å². The van der Waals surface area contributed by atoms with E-state index in [1.165, 1.54) is 16.2 Å². The molecule has 0 N–H and O–H groups in total. The molecule has 0 spiro atoms. The molecule has 144 valence electrons. The molecule has 1 saturated heterocycles. The summed E-state index contributed by atoms with van der Waals surface area (Å²) in [5.41, 5.74) is 1.20. The van der Waals surface area contributed by atoms with Gasteiger partial charge in [0.15, 0.2) is 16.4 Å². The van der Waals surface area contributed by atoms with Gasteiger partial charge in [0.1, 0.15) is 0 Å². The van der Waals surface area contributed by atoms with E-state index in [2.05, 4.69) is 4.98 Å². The van der Waals surface area contributed by atoms with Gasteiger partial charge in [-0.15, -0.1) is 11.3 Å². The number of benzene rings is 1. The van der Waals surface area contributed by atoms with E-state index in [1.54, 1.807) is 29.6 Å². The lowest BCUT2D eigenvalue weighted by Gasteiger charge is -2.28. The summed E-state index contributed by atoms with van der Waals surface area (Å²) in [6.07, 6.45) is 0.371. The van der Waals surface area contributed by atoms with E-state index in [4.69, 9.17) is 4.74 Å². The average Bonchev–Trinajstić information content (AvgIpc) is 3.19. The van der Waals surface area contributed by atoms with Gasteiger partial charge in [-0.25, -0.2) is 13.4 Å². The number of ether oxygens (including phenoxy) is 1. The first-order valence-corrected chi connectivity index (χ1v) is 11.2. The molecule has 1 aliphatic rings. The fourth-order valence-electron chi connectivity index (χ4n) is 3.03. The number of carbonyl (C=O) groups excluding carboxylic acids is 2. The highest BCUT2D eigenvalue weighted by Gasteiger charge is 2.35. The maximum absolute atomic E-state index is 12.7. The van der Waals surface area contributed by atoms with Crippen LogP contribution in [0.2, 0.25) is 0 Å². The quantitative estimate of drug-likeness (QED) is 0.676. The van der Waals surface area contributed by atoms with E-state index < -0.39 is 34.4 Å². The zero-order valence-corrected chi connectivity index (χ0v) is 16.5. The van der Waals surface area contributed by atoms with Crippen molar-refractivity contribution in [1.29, 1.82) is 0 Å². The molecule has 1 aromatic carbocycles. The third-order valence-electron chi connectivity index (χ3n) is 4.23. The number of rotatable bonds is 6. The van der Waals surface area contributed by atoms with Gasteiger partial charge in [-0.3, -0.25) is 9.59 Å². The van der Waals surface area contributed by atoms with Crippen LogP contribution in [0.4, 0.5) is 5.69 Å². The number of esters is 1. The molecule has 1 fully saturated rings. The van der Waals surface area contributed by atoms with E-state index in [0.29, 0.717) is 17.8 Å². The molecule has 27 heavy (non-hydrogen) atoms. The van der Waals surface area contributed by atoms with E-state index in [-0.39, 0.29) is 17.9 Å². The van der Waals surface area contributed by atoms with Crippen LogP contribution >= 0.6 is 11.3 Å². The van der Waals surface area contributed by atoms with Crippen LogP contribution in [0.15, 0.2) is 35.7 Å². The lowest BCUT2D eigenvalue weighted by molar-refractivity contribution is -0.147. The summed E-state index contributed by atoms with van der Waals surface area (Å²) in [6, 6.07) is 8.38. The molecular weight excluding hydrogens is 388 g/mol. The van der Waals surface area contributed by atoms with Gasteiger partial charge in [0, 0.05) is 11.1 Å². The fraction of sp³-hybridized carbons (Fsp3) is 0.389. The number of aromatic nitrogens is 1. The molecule has 0 radical (unpaired) electrons. The highest BCUT2D eigenvalue weighted by molar-refractivity contribution is 7.91. The molecular formula is C18H20N2O5S2. The predicted octanol–water partition coefficient (Wildman–Crippen LogP) is 1.76. The van der Waals surface area contributed by atoms with Crippen LogP contribution in [0.25, 0.3) is 0 Å². The van der Waals surface area contributed by atoms with Crippen molar-refractivity contribution >= 4 is 38.7 Å². The Morgan fingerprint density at radius 1 is 1.30 bits per heavy atom. The Bertz CT molecular complexity index is 924. The third kappa shape index (κ3) is 5.14. The summed E-state index contributed by atoms with van der Waals surface area (Å²) in [5.74, 6) is -1.01. The Hall–Kier alpha value is -2.26. The predicted molar refractivity (Wildman–Crippen MR) is 103 cm³/mol. The maximum Gasteiger partial charge on any atom is 0.312 e. The molecule has 1 aromatic heterocycles. The number of anilines is 1. The summed E-state index contributed by atoms with van der Waals surface area (Å²) in [7, 11) is -3.16. The number of aryl methyl sites for hydroxylation is 1. The minimum atomic E-state index is -3.16. The van der Waals surface area contributed by atoms with Crippen LogP contribution < -0.4 is 4.90 Å². The van der Waals surface area contributed by atoms with Crippen molar-refractivity contribution in [2.75, 3.05) is 23.0 Å². The molecule has 1 aliphatic heterocycles. The molecule has 2 aromatic rings. The number of amides is 1. The molecule has 2 heterocycles. The zero-order chi connectivity index (χ0) is 19.4. The molecule has 0 unspecified atom stereocenters. The maximum atomic E-state index is 12.7.